The van der Waals surface area contributed by atoms with Gasteiger partial charge in [-0.15, -0.1) is 5.10 Å². The minimum absolute atomic E-state index is 0.535. The molecule has 4 nitrogen and oxygen atoms in total. The van der Waals surface area contributed by atoms with Crippen LogP contribution in [0.1, 0.15) is 23.7 Å². The zero-order valence-corrected chi connectivity index (χ0v) is 16.3. The molecule has 0 aliphatic rings. The third kappa shape index (κ3) is 3.96. The molecule has 2 aromatic carbocycles. The van der Waals surface area contributed by atoms with Crippen LogP contribution in [-0.2, 0) is 12.6 Å². The van der Waals surface area contributed by atoms with E-state index in [9.17, 15) is 13.2 Å². The van der Waals surface area contributed by atoms with Crippen molar-refractivity contribution < 1.29 is 13.2 Å². The van der Waals surface area contributed by atoms with Crippen LogP contribution < -0.4 is 4.90 Å². The number of nitrogens with zero attached hydrogens (tertiary/aromatic N) is 4. The molecule has 0 bridgehead atoms. The highest BCUT2D eigenvalue weighted by molar-refractivity contribution is 5.95. The van der Waals surface area contributed by atoms with Gasteiger partial charge in [-0.3, -0.25) is 4.98 Å². The molecule has 0 unspecified atom stereocenters. The number of benzene rings is 2. The van der Waals surface area contributed by atoms with Crippen molar-refractivity contribution in [2.24, 2.45) is 0 Å². The molecule has 0 amide bonds. The van der Waals surface area contributed by atoms with Gasteiger partial charge in [0.2, 0.25) is 0 Å². The van der Waals surface area contributed by atoms with E-state index in [4.69, 9.17) is 0 Å². The lowest BCUT2D eigenvalue weighted by Gasteiger charge is -2.24. The van der Waals surface area contributed by atoms with Crippen LogP contribution in [0.25, 0.3) is 10.8 Å². The van der Waals surface area contributed by atoms with Crippen LogP contribution in [0.3, 0.4) is 0 Å². The first-order valence-corrected chi connectivity index (χ1v) is 9.55. The fourth-order valence-electron chi connectivity index (χ4n) is 3.45. The van der Waals surface area contributed by atoms with Crippen LogP contribution in [0.2, 0.25) is 0 Å². The minimum atomic E-state index is -4.36. The summed E-state index contributed by atoms with van der Waals surface area (Å²) in [5.41, 5.74) is 1.87. The molecule has 30 heavy (non-hydrogen) atoms. The molecule has 0 saturated heterocycles. The van der Waals surface area contributed by atoms with E-state index >= 15 is 0 Å². The van der Waals surface area contributed by atoms with E-state index in [1.54, 1.807) is 12.4 Å². The largest absolute Gasteiger partial charge is 0.416 e. The van der Waals surface area contributed by atoms with Gasteiger partial charge in [-0.1, -0.05) is 24.3 Å². The van der Waals surface area contributed by atoms with E-state index in [0.29, 0.717) is 24.5 Å². The number of halogens is 3. The second-order valence-electron chi connectivity index (χ2n) is 6.84. The molecule has 2 aromatic heterocycles. The number of alkyl halides is 3. The monoisotopic (exact) mass is 408 g/mol. The predicted octanol–water partition coefficient (Wildman–Crippen LogP) is 5.79. The van der Waals surface area contributed by atoms with Crippen molar-refractivity contribution in [2.75, 3.05) is 11.4 Å². The zero-order valence-electron chi connectivity index (χ0n) is 16.3. The average molecular weight is 408 g/mol. The normalized spacial score (nSPS) is 11.6. The standard InChI is InChI=1S/C23H19F3N4/c1-2-30(18-9-7-17(8-10-18)23(24,25)26)22-20-6-4-3-5-19(20)21(28-29-22)15-16-11-13-27-14-12-16/h3-14H,2,15H2,1H3. The summed E-state index contributed by atoms with van der Waals surface area (Å²) in [6.45, 7) is 2.47. The van der Waals surface area contributed by atoms with Crippen LogP contribution in [0.5, 0.6) is 0 Å². The molecule has 0 aliphatic heterocycles. The molecule has 2 heterocycles. The highest BCUT2D eigenvalue weighted by atomic mass is 19.4. The Morgan fingerprint density at radius 3 is 2.13 bits per heavy atom. The van der Waals surface area contributed by atoms with E-state index in [2.05, 4.69) is 15.2 Å². The minimum Gasteiger partial charge on any atom is -0.325 e. The highest BCUT2D eigenvalue weighted by Crippen LogP contribution is 2.34. The molecule has 4 aromatic rings. The number of pyridine rings is 1. The lowest BCUT2D eigenvalue weighted by molar-refractivity contribution is -0.137. The van der Waals surface area contributed by atoms with Gasteiger partial charge in [0.25, 0.3) is 0 Å². The summed E-state index contributed by atoms with van der Waals surface area (Å²) in [6.07, 6.45) is -0.273. The van der Waals surface area contributed by atoms with Crippen molar-refractivity contribution in [1.82, 2.24) is 15.2 Å². The van der Waals surface area contributed by atoms with Crippen molar-refractivity contribution in [2.45, 2.75) is 19.5 Å². The van der Waals surface area contributed by atoms with Crippen LogP contribution in [-0.4, -0.2) is 21.7 Å². The van der Waals surface area contributed by atoms with Crippen LogP contribution in [0, 0.1) is 0 Å². The number of hydrogen-bond acceptors (Lipinski definition) is 4. The van der Waals surface area contributed by atoms with Gasteiger partial charge in [0.05, 0.1) is 11.3 Å². The van der Waals surface area contributed by atoms with Gasteiger partial charge in [-0.25, -0.2) is 0 Å². The summed E-state index contributed by atoms with van der Waals surface area (Å²) in [4.78, 5) is 5.91. The number of aromatic nitrogens is 3. The van der Waals surface area contributed by atoms with Crippen LogP contribution in [0.4, 0.5) is 24.7 Å². The van der Waals surface area contributed by atoms with Gasteiger partial charge in [-0.2, -0.15) is 18.3 Å². The van der Waals surface area contributed by atoms with E-state index in [-0.39, 0.29) is 0 Å². The fraction of sp³-hybridized carbons (Fsp3) is 0.174. The lowest BCUT2D eigenvalue weighted by atomic mass is 10.0. The van der Waals surface area contributed by atoms with Gasteiger partial charge in [-0.05, 0) is 48.9 Å². The molecule has 0 saturated carbocycles. The maximum absolute atomic E-state index is 12.9. The Morgan fingerprint density at radius 2 is 1.50 bits per heavy atom. The summed E-state index contributed by atoms with van der Waals surface area (Å²) < 4.78 is 38.8. The summed E-state index contributed by atoms with van der Waals surface area (Å²) in [7, 11) is 0. The Labute approximate surface area is 172 Å². The molecule has 152 valence electrons. The van der Waals surface area contributed by atoms with Crippen molar-refractivity contribution in [3.63, 3.8) is 0 Å². The first kappa shape index (κ1) is 19.8. The van der Waals surface area contributed by atoms with E-state index in [1.807, 2.05) is 48.2 Å². The average Bonchev–Trinajstić information content (AvgIpc) is 2.76. The van der Waals surface area contributed by atoms with Gasteiger partial charge < -0.3 is 4.90 Å². The van der Waals surface area contributed by atoms with E-state index < -0.39 is 11.7 Å². The van der Waals surface area contributed by atoms with Gasteiger partial charge >= 0.3 is 6.18 Å². The molecule has 7 heteroatoms. The van der Waals surface area contributed by atoms with Crippen molar-refractivity contribution in [1.29, 1.82) is 0 Å². The summed E-state index contributed by atoms with van der Waals surface area (Å²) in [5, 5.41) is 10.8. The highest BCUT2D eigenvalue weighted by Gasteiger charge is 2.30. The Balaban J connectivity index is 1.75. The zero-order chi connectivity index (χ0) is 21.1. The second kappa shape index (κ2) is 8.10. The number of fused-ring (bicyclic) bond motifs is 1. The molecule has 0 aliphatic carbocycles. The van der Waals surface area contributed by atoms with E-state index in [0.717, 1.165) is 34.2 Å². The molecule has 0 N–H and O–H groups in total. The third-order valence-corrected chi connectivity index (χ3v) is 4.94. The molecular formula is C23H19F3N4. The summed E-state index contributed by atoms with van der Waals surface area (Å²) in [6, 6.07) is 16.8. The predicted molar refractivity (Wildman–Crippen MR) is 111 cm³/mol. The second-order valence-corrected chi connectivity index (χ2v) is 6.84. The van der Waals surface area contributed by atoms with Crippen LogP contribution in [0.15, 0.2) is 73.1 Å². The summed E-state index contributed by atoms with van der Waals surface area (Å²) >= 11 is 0. The Bertz CT molecular complexity index is 1140. The Morgan fingerprint density at radius 1 is 0.833 bits per heavy atom. The Kier molecular flexibility index (Phi) is 5.35. The topological polar surface area (TPSA) is 41.9 Å². The van der Waals surface area contributed by atoms with Gasteiger partial charge in [0.15, 0.2) is 5.82 Å². The Hall–Kier alpha value is -3.48. The first-order chi connectivity index (χ1) is 14.5. The number of rotatable bonds is 5. The van der Waals surface area contributed by atoms with Crippen molar-refractivity contribution in [3.05, 3.63) is 89.9 Å². The quantitative estimate of drug-likeness (QED) is 0.419. The molecule has 0 atom stereocenters. The van der Waals surface area contributed by atoms with Crippen molar-refractivity contribution >= 4 is 22.3 Å². The number of anilines is 2. The molecule has 0 spiro atoms. The number of hydrogen-bond donors (Lipinski definition) is 0. The summed E-state index contributed by atoms with van der Waals surface area (Å²) in [5.74, 6) is 0.617. The molecule has 0 fully saturated rings. The van der Waals surface area contributed by atoms with Gasteiger partial charge in [0.1, 0.15) is 0 Å². The molecule has 4 rings (SSSR count). The SMILES string of the molecule is CCN(c1ccc(C(F)(F)F)cc1)c1nnc(Cc2ccncc2)c2ccccc12. The smallest absolute Gasteiger partial charge is 0.325 e. The maximum Gasteiger partial charge on any atom is 0.416 e. The maximum atomic E-state index is 12.9. The van der Waals surface area contributed by atoms with Crippen molar-refractivity contribution in [3.8, 4) is 0 Å². The van der Waals surface area contributed by atoms with E-state index in [1.165, 1.54) is 12.1 Å². The molecule has 0 radical (unpaired) electrons. The first-order valence-electron chi connectivity index (χ1n) is 9.55. The van der Waals surface area contributed by atoms with Gasteiger partial charge in [0, 0.05) is 41.8 Å². The molecular weight excluding hydrogens is 389 g/mol. The fourth-order valence-corrected chi connectivity index (χ4v) is 3.45. The lowest BCUT2D eigenvalue weighted by Crippen LogP contribution is -2.19. The van der Waals surface area contributed by atoms with Crippen LogP contribution >= 0.6 is 0 Å². The third-order valence-electron chi connectivity index (χ3n) is 4.94.